The molecule has 2 aromatic heterocycles. The van der Waals surface area contributed by atoms with Gasteiger partial charge in [-0.3, -0.25) is 0 Å². The first-order valence-electron chi connectivity index (χ1n) is 10.9. The number of H-pyrrole nitrogens is 1. The summed E-state index contributed by atoms with van der Waals surface area (Å²) in [6.45, 7) is 0. The predicted molar refractivity (Wildman–Crippen MR) is 134 cm³/mol. The maximum Gasteiger partial charge on any atom is 0.136 e. The van der Waals surface area contributed by atoms with Gasteiger partial charge >= 0.3 is 0 Å². The molecule has 2 heterocycles. The summed E-state index contributed by atoms with van der Waals surface area (Å²) in [5.41, 5.74) is 8.91. The lowest BCUT2D eigenvalue weighted by molar-refractivity contribution is 0.669. The molecule has 32 heavy (non-hydrogen) atoms. The highest BCUT2D eigenvalue weighted by molar-refractivity contribution is 6.09. The van der Waals surface area contributed by atoms with E-state index in [2.05, 4.69) is 108 Å². The van der Waals surface area contributed by atoms with Gasteiger partial charge in [-0.1, -0.05) is 72.8 Å². The van der Waals surface area contributed by atoms with Crippen LogP contribution in [-0.4, -0.2) is 4.98 Å². The number of rotatable bonds is 2. The third-order valence-corrected chi connectivity index (χ3v) is 6.42. The summed E-state index contributed by atoms with van der Waals surface area (Å²) >= 11 is 0. The van der Waals surface area contributed by atoms with E-state index >= 15 is 0 Å². The van der Waals surface area contributed by atoms with Crippen molar-refractivity contribution >= 4 is 43.7 Å². The molecule has 0 aliphatic rings. The molecule has 0 amide bonds. The minimum atomic E-state index is 0.916. The van der Waals surface area contributed by atoms with Gasteiger partial charge in [0.2, 0.25) is 0 Å². The minimum absolute atomic E-state index is 0.916. The Balaban J connectivity index is 1.36. The van der Waals surface area contributed by atoms with Crippen molar-refractivity contribution < 1.29 is 4.42 Å². The summed E-state index contributed by atoms with van der Waals surface area (Å²) in [5.74, 6) is 0. The highest BCUT2D eigenvalue weighted by Gasteiger charge is 2.11. The number of aromatic nitrogens is 1. The molecular formula is C30H19NO. The Morgan fingerprint density at radius 1 is 0.406 bits per heavy atom. The zero-order chi connectivity index (χ0) is 21.1. The molecule has 7 rings (SSSR count). The molecule has 0 atom stereocenters. The van der Waals surface area contributed by atoms with Gasteiger partial charge in [0.05, 0.1) is 0 Å². The zero-order valence-corrected chi connectivity index (χ0v) is 17.3. The van der Waals surface area contributed by atoms with Crippen LogP contribution in [0.4, 0.5) is 0 Å². The molecular weight excluding hydrogens is 390 g/mol. The Kier molecular flexibility index (Phi) is 3.58. The van der Waals surface area contributed by atoms with E-state index in [4.69, 9.17) is 4.42 Å². The number of furan rings is 1. The molecule has 0 saturated heterocycles. The largest absolute Gasteiger partial charge is 0.456 e. The van der Waals surface area contributed by atoms with Crippen molar-refractivity contribution in [3.05, 3.63) is 109 Å². The first-order valence-corrected chi connectivity index (χ1v) is 10.9. The predicted octanol–water partition coefficient (Wildman–Crippen LogP) is 8.55. The normalized spacial score (nSPS) is 11.8. The minimum Gasteiger partial charge on any atom is -0.456 e. The van der Waals surface area contributed by atoms with Gasteiger partial charge in [-0.15, -0.1) is 0 Å². The summed E-state index contributed by atoms with van der Waals surface area (Å²) in [5, 5.41) is 4.81. The molecule has 0 fully saturated rings. The molecule has 7 aromatic rings. The van der Waals surface area contributed by atoms with E-state index in [1.54, 1.807) is 0 Å². The molecule has 2 heteroatoms. The van der Waals surface area contributed by atoms with E-state index in [9.17, 15) is 0 Å². The van der Waals surface area contributed by atoms with Gasteiger partial charge in [0.25, 0.3) is 0 Å². The van der Waals surface area contributed by atoms with Crippen molar-refractivity contribution in [1.82, 2.24) is 4.98 Å². The molecule has 150 valence electrons. The Morgan fingerprint density at radius 3 is 2.00 bits per heavy atom. The summed E-state index contributed by atoms with van der Waals surface area (Å²) in [7, 11) is 0. The number of aromatic amines is 1. The lowest BCUT2D eigenvalue weighted by Gasteiger charge is -2.03. The summed E-state index contributed by atoms with van der Waals surface area (Å²) < 4.78 is 6.23. The summed E-state index contributed by atoms with van der Waals surface area (Å²) in [4.78, 5) is 3.55. The van der Waals surface area contributed by atoms with Crippen LogP contribution < -0.4 is 0 Å². The third-order valence-electron chi connectivity index (χ3n) is 6.42. The molecule has 0 aliphatic carbocycles. The van der Waals surface area contributed by atoms with Crippen molar-refractivity contribution in [3.63, 3.8) is 0 Å². The second-order valence-corrected chi connectivity index (χ2v) is 8.32. The van der Waals surface area contributed by atoms with Gasteiger partial charge < -0.3 is 9.40 Å². The van der Waals surface area contributed by atoms with E-state index in [0.29, 0.717) is 0 Å². The quantitative estimate of drug-likeness (QED) is 0.304. The van der Waals surface area contributed by atoms with E-state index in [1.165, 1.54) is 33.0 Å². The number of hydrogen-bond donors (Lipinski definition) is 1. The van der Waals surface area contributed by atoms with Crippen molar-refractivity contribution in [1.29, 1.82) is 0 Å². The van der Waals surface area contributed by atoms with Gasteiger partial charge in [-0.2, -0.15) is 0 Å². The monoisotopic (exact) mass is 409 g/mol. The maximum atomic E-state index is 6.23. The first kappa shape index (κ1) is 17.4. The fourth-order valence-corrected chi connectivity index (χ4v) is 4.80. The highest BCUT2D eigenvalue weighted by Crippen LogP contribution is 2.36. The summed E-state index contributed by atoms with van der Waals surface area (Å²) in [6, 6.07) is 38.5. The average molecular weight is 409 g/mol. The highest BCUT2D eigenvalue weighted by atomic mass is 16.3. The molecule has 0 saturated carbocycles. The Labute approximate surface area is 184 Å². The number of hydrogen-bond acceptors (Lipinski definition) is 1. The topological polar surface area (TPSA) is 28.9 Å². The fraction of sp³-hybridized carbons (Fsp3) is 0. The first-order chi connectivity index (χ1) is 15.8. The number of nitrogens with one attached hydrogen (secondary N) is 1. The standard InChI is InChI=1S/C30H19NO/c1-2-6-19(7-3-1)20-12-15-29-26(16-20)25-14-11-22(18-30(25)32-29)21-10-13-24-23-8-4-5-9-27(23)31-28(24)17-21/h1-18,31H. The van der Waals surface area contributed by atoms with Crippen LogP contribution >= 0.6 is 0 Å². The molecule has 0 bridgehead atoms. The van der Waals surface area contributed by atoms with Crippen LogP contribution in [0.15, 0.2) is 114 Å². The van der Waals surface area contributed by atoms with Crippen molar-refractivity contribution in [2.45, 2.75) is 0 Å². The van der Waals surface area contributed by atoms with Crippen LogP contribution in [0, 0.1) is 0 Å². The molecule has 5 aromatic carbocycles. The molecule has 0 aliphatic heterocycles. The summed E-state index contributed by atoms with van der Waals surface area (Å²) in [6.07, 6.45) is 0. The Bertz CT molecular complexity index is 1770. The second-order valence-electron chi connectivity index (χ2n) is 8.32. The number of benzene rings is 5. The average Bonchev–Trinajstić information content (AvgIpc) is 3.41. The number of fused-ring (bicyclic) bond motifs is 6. The van der Waals surface area contributed by atoms with Crippen LogP contribution in [0.3, 0.4) is 0 Å². The van der Waals surface area contributed by atoms with E-state index in [-0.39, 0.29) is 0 Å². The van der Waals surface area contributed by atoms with Crippen LogP contribution in [0.25, 0.3) is 66.0 Å². The molecule has 2 nitrogen and oxygen atoms in total. The van der Waals surface area contributed by atoms with E-state index < -0.39 is 0 Å². The van der Waals surface area contributed by atoms with Crippen molar-refractivity contribution in [3.8, 4) is 22.3 Å². The lowest BCUT2D eigenvalue weighted by atomic mass is 10.0. The van der Waals surface area contributed by atoms with Crippen molar-refractivity contribution in [2.75, 3.05) is 0 Å². The molecule has 0 radical (unpaired) electrons. The van der Waals surface area contributed by atoms with Crippen LogP contribution in [0.5, 0.6) is 0 Å². The van der Waals surface area contributed by atoms with E-state index in [0.717, 1.165) is 33.0 Å². The van der Waals surface area contributed by atoms with Gasteiger partial charge in [0.1, 0.15) is 11.2 Å². The fourth-order valence-electron chi connectivity index (χ4n) is 4.80. The van der Waals surface area contributed by atoms with Crippen LogP contribution in [0.2, 0.25) is 0 Å². The third kappa shape index (κ3) is 2.60. The lowest BCUT2D eigenvalue weighted by Crippen LogP contribution is -1.79. The van der Waals surface area contributed by atoms with Crippen LogP contribution in [0.1, 0.15) is 0 Å². The van der Waals surface area contributed by atoms with Gasteiger partial charge in [0.15, 0.2) is 0 Å². The van der Waals surface area contributed by atoms with Crippen LogP contribution in [-0.2, 0) is 0 Å². The Morgan fingerprint density at radius 2 is 1.09 bits per heavy atom. The number of para-hydroxylation sites is 1. The maximum absolute atomic E-state index is 6.23. The smallest absolute Gasteiger partial charge is 0.136 e. The zero-order valence-electron chi connectivity index (χ0n) is 17.3. The van der Waals surface area contributed by atoms with E-state index in [1.807, 2.05) is 6.07 Å². The Hall–Kier alpha value is -4.30. The molecule has 0 unspecified atom stereocenters. The van der Waals surface area contributed by atoms with Gasteiger partial charge in [-0.25, -0.2) is 0 Å². The second kappa shape index (κ2) is 6.60. The van der Waals surface area contributed by atoms with Gasteiger partial charge in [-0.05, 0) is 58.7 Å². The van der Waals surface area contributed by atoms with Crippen molar-refractivity contribution in [2.24, 2.45) is 0 Å². The molecule has 0 spiro atoms. The SMILES string of the molecule is c1ccc(-c2ccc3oc4cc(-c5ccc6c(c5)[nH]c5ccccc56)ccc4c3c2)cc1. The van der Waals surface area contributed by atoms with Gasteiger partial charge in [0, 0.05) is 32.6 Å². The molecule has 1 N–H and O–H groups in total.